The van der Waals surface area contributed by atoms with E-state index in [9.17, 15) is 4.79 Å². The molecule has 0 fully saturated rings. The van der Waals surface area contributed by atoms with Gasteiger partial charge in [-0.25, -0.2) is 4.98 Å². The Morgan fingerprint density at radius 3 is 2.32 bits per heavy atom. The number of carbonyl (C=O) groups excluding carboxylic acids is 1. The Hall–Kier alpha value is -3.52. The molecule has 0 bridgehead atoms. The molecule has 1 heterocycles. The molecule has 0 radical (unpaired) electrons. The summed E-state index contributed by atoms with van der Waals surface area (Å²) in [5.74, 6) is 1.39. The quantitative estimate of drug-likeness (QED) is 0.388. The number of aromatic nitrogens is 1. The van der Waals surface area contributed by atoms with Crippen LogP contribution in [0, 0.1) is 0 Å². The van der Waals surface area contributed by atoms with Crippen LogP contribution < -0.4 is 19.5 Å². The predicted molar refractivity (Wildman–Crippen MR) is 121 cm³/mol. The summed E-state index contributed by atoms with van der Waals surface area (Å²) in [6, 6.07) is 16.2. The Balaban J connectivity index is 1.63. The number of ether oxygens (including phenoxy) is 3. The van der Waals surface area contributed by atoms with Crippen LogP contribution in [-0.2, 0) is 0 Å². The van der Waals surface area contributed by atoms with E-state index in [0.717, 1.165) is 10.0 Å². The maximum absolute atomic E-state index is 12.8. The minimum atomic E-state index is -0.326. The largest absolute Gasteiger partial charge is 0.493 e. The second kappa shape index (κ2) is 8.69. The number of carbonyl (C=O) groups is 1. The van der Waals surface area contributed by atoms with Crippen LogP contribution in [-0.4, -0.2) is 32.2 Å². The molecule has 1 N–H and O–H groups in total. The first-order valence-corrected chi connectivity index (χ1v) is 10.1. The first kappa shape index (κ1) is 20.7. The normalized spacial score (nSPS) is 10.7. The lowest BCUT2D eigenvalue weighted by atomic mass is 10.1. The zero-order valence-electron chi connectivity index (χ0n) is 17.1. The highest BCUT2D eigenvalue weighted by atomic mass is 79.9. The lowest BCUT2D eigenvalue weighted by Crippen LogP contribution is -2.12. The third-order valence-electron chi connectivity index (χ3n) is 4.68. The van der Waals surface area contributed by atoms with Crippen LogP contribution in [0.5, 0.6) is 17.2 Å². The molecule has 0 saturated heterocycles. The fourth-order valence-corrected chi connectivity index (χ4v) is 3.62. The topological polar surface area (TPSA) is 82.8 Å². The van der Waals surface area contributed by atoms with E-state index >= 15 is 0 Å². The summed E-state index contributed by atoms with van der Waals surface area (Å²) in [6.45, 7) is 0. The number of anilines is 1. The van der Waals surface area contributed by atoms with Crippen molar-refractivity contribution in [2.24, 2.45) is 0 Å². The highest BCUT2D eigenvalue weighted by molar-refractivity contribution is 9.10. The zero-order valence-corrected chi connectivity index (χ0v) is 18.6. The molecule has 0 aliphatic carbocycles. The SMILES string of the molecule is COc1cc(C(=O)Nc2ccc3oc(-c4ccccc4Br)nc3c2)cc(OC)c1OC. The number of nitrogens with one attached hydrogen (secondary N) is 1. The Morgan fingerprint density at radius 1 is 0.968 bits per heavy atom. The van der Waals surface area contributed by atoms with E-state index < -0.39 is 0 Å². The number of fused-ring (bicyclic) bond motifs is 1. The Morgan fingerprint density at radius 2 is 1.68 bits per heavy atom. The molecule has 1 amide bonds. The second-order valence-corrected chi connectivity index (χ2v) is 7.40. The maximum atomic E-state index is 12.8. The average Bonchev–Trinajstić information content (AvgIpc) is 3.21. The first-order chi connectivity index (χ1) is 15.0. The summed E-state index contributed by atoms with van der Waals surface area (Å²) >= 11 is 3.51. The van der Waals surface area contributed by atoms with Gasteiger partial charge in [-0.1, -0.05) is 12.1 Å². The van der Waals surface area contributed by atoms with E-state index in [1.54, 1.807) is 30.3 Å². The van der Waals surface area contributed by atoms with Crippen molar-refractivity contribution in [1.29, 1.82) is 0 Å². The molecule has 0 aliphatic heterocycles. The smallest absolute Gasteiger partial charge is 0.255 e. The molecule has 0 aliphatic rings. The van der Waals surface area contributed by atoms with Crippen LogP contribution in [0.15, 0.2) is 63.5 Å². The summed E-state index contributed by atoms with van der Waals surface area (Å²) in [6.07, 6.45) is 0. The number of rotatable bonds is 6. The predicted octanol–water partition coefficient (Wildman–Crippen LogP) is 5.54. The molecule has 8 heteroatoms. The highest BCUT2D eigenvalue weighted by Crippen LogP contribution is 2.38. The van der Waals surface area contributed by atoms with Gasteiger partial charge in [0.15, 0.2) is 17.1 Å². The van der Waals surface area contributed by atoms with Crippen LogP contribution in [0.1, 0.15) is 10.4 Å². The second-order valence-electron chi connectivity index (χ2n) is 6.55. The maximum Gasteiger partial charge on any atom is 0.255 e. The summed E-state index contributed by atoms with van der Waals surface area (Å²) < 4.78 is 22.7. The minimum absolute atomic E-state index is 0.326. The molecule has 0 spiro atoms. The Kier molecular flexibility index (Phi) is 5.81. The number of hydrogen-bond acceptors (Lipinski definition) is 6. The number of nitrogens with zero attached hydrogens (tertiary/aromatic N) is 1. The lowest BCUT2D eigenvalue weighted by Gasteiger charge is -2.14. The van der Waals surface area contributed by atoms with E-state index in [4.69, 9.17) is 18.6 Å². The van der Waals surface area contributed by atoms with Crippen LogP contribution in [0.3, 0.4) is 0 Å². The lowest BCUT2D eigenvalue weighted by molar-refractivity contribution is 0.102. The minimum Gasteiger partial charge on any atom is -0.493 e. The third kappa shape index (κ3) is 4.06. The molecule has 3 aromatic carbocycles. The van der Waals surface area contributed by atoms with Gasteiger partial charge in [-0.3, -0.25) is 4.79 Å². The van der Waals surface area contributed by atoms with E-state index in [1.807, 2.05) is 24.3 Å². The fourth-order valence-electron chi connectivity index (χ4n) is 3.17. The summed E-state index contributed by atoms with van der Waals surface area (Å²) in [4.78, 5) is 17.4. The molecule has 1 aromatic heterocycles. The van der Waals surface area contributed by atoms with Crippen molar-refractivity contribution in [3.05, 3.63) is 64.6 Å². The van der Waals surface area contributed by atoms with Gasteiger partial charge in [-0.2, -0.15) is 0 Å². The third-order valence-corrected chi connectivity index (χ3v) is 5.37. The number of oxazole rings is 1. The molecule has 0 saturated carbocycles. The Labute approximate surface area is 187 Å². The van der Waals surface area contributed by atoms with Gasteiger partial charge in [0, 0.05) is 15.7 Å². The Bertz CT molecular complexity index is 1240. The van der Waals surface area contributed by atoms with Gasteiger partial charge >= 0.3 is 0 Å². The van der Waals surface area contributed by atoms with Gasteiger partial charge in [0.2, 0.25) is 11.6 Å². The molecule has 0 unspecified atom stereocenters. The van der Waals surface area contributed by atoms with Gasteiger partial charge in [-0.15, -0.1) is 0 Å². The number of benzene rings is 3. The van der Waals surface area contributed by atoms with Crippen LogP contribution in [0.2, 0.25) is 0 Å². The van der Waals surface area contributed by atoms with Crippen molar-refractivity contribution >= 4 is 38.6 Å². The van der Waals surface area contributed by atoms with Crippen molar-refractivity contribution in [2.75, 3.05) is 26.6 Å². The van der Waals surface area contributed by atoms with Crippen LogP contribution >= 0.6 is 15.9 Å². The van der Waals surface area contributed by atoms with Gasteiger partial charge < -0.3 is 23.9 Å². The van der Waals surface area contributed by atoms with Crippen molar-refractivity contribution in [3.63, 3.8) is 0 Å². The summed E-state index contributed by atoms with van der Waals surface area (Å²) in [5.41, 5.74) is 3.05. The monoisotopic (exact) mass is 482 g/mol. The summed E-state index contributed by atoms with van der Waals surface area (Å²) in [5, 5.41) is 2.87. The van der Waals surface area contributed by atoms with E-state index in [0.29, 0.717) is 45.5 Å². The van der Waals surface area contributed by atoms with E-state index in [2.05, 4.69) is 26.2 Å². The van der Waals surface area contributed by atoms with Crippen LogP contribution in [0.4, 0.5) is 5.69 Å². The van der Waals surface area contributed by atoms with Gasteiger partial charge in [0.05, 0.1) is 26.9 Å². The van der Waals surface area contributed by atoms with Crippen molar-refractivity contribution in [2.45, 2.75) is 0 Å². The number of halogens is 1. The molecule has 4 rings (SSSR count). The molecule has 7 nitrogen and oxygen atoms in total. The molecule has 0 atom stereocenters. The van der Waals surface area contributed by atoms with Gasteiger partial charge in [0.1, 0.15) is 5.52 Å². The molecular weight excluding hydrogens is 464 g/mol. The molecule has 31 heavy (non-hydrogen) atoms. The van der Waals surface area contributed by atoms with E-state index in [-0.39, 0.29) is 5.91 Å². The number of hydrogen-bond donors (Lipinski definition) is 1. The van der Waals surface area contributed by atoms with Crippen molar-refractivity contribution in [1.82, 2.24) is 4.98 Å². The molecule has 4 aromatic rings. The number of amides is 1. The highest BCUT2D eigenvalue weighted by Gasteiger charge is 2.18. The standard InChI is InChI=1S/C23H19BrN2O5/c1-28-19-10-13(11-20(29-2)21(19)30-3)22(27)25-14-8-9-18-17(12-14)26-23(31-18)15-6-4-5-7-16(15)24/h4-12H,1-3H3,(H,25,27). The first-order valence-electron chi connectivity index (χ1n) is 9.31. The average molecular weight is 483 g/mol. The van der Waals surface area contributed by atoms with Gasteiger partial charge in [-0.05, 0) is 58.4 Å². The fraction of sp³-hybridized carbons (Fsp3) is 0.130. The van der Waals surface area contributed by atoms with Crippen LogP contribution in [0.25, 0.3) is 22.6 Å². The number of methoxy groups -OCH3 is 3. The molecular formula is C23H19BrN2O5. The van der Waals surface area contributed by atoms with Crippen molar-refractivity contribution in [3.8, 4) is 28.7 Å². The van der Waals surface area contributed by atoms with E-state index in [1.165, 1.54) is 21.3 Å². The van der Waals surface area contributed by atoms with Gasteiger partial charge in [0.25, 0.3) is 5.91 Å². The summed E-state index contributed by atoms with van der Waals surface area (Å²) in [7, 11) is 4.51. The van der Waals surface area contributed by atoms with Crippen molar-refractivity contribution < 1.29 is 23.4 Å². The molecule has 158 valence electrons. The zero-order chi connectivity index (χ0) is 22.0.